The summed E-state index contributed by atoms with van der Waals surface area (Å²) in [6.07, 6.45) is 0. The van der Waals surface area contributed by atoms with Gasteiger partial charge in [-0.25, -0.2) is 0 Å². The SMILES string of the molecule is COc1ccc(C2(c3ccc(OC)cc3)CSC(c3ccc(OC)cc3)(c3ccc(OC)cc3)CS2)cc1. The van der Waals surface area contributed by atoms with E-state index in [0.29, 0.717) is 0 Å². The van der Waals surface area contributed by atoms with Crippen molar-refractivity contribution in [1.29, 1.82) is 0 Å². The van der Waals surface area contributed by atoms with Gasteiger partial charge in [0.25, 0.3) is 0 Å². The fraction of sp³-hybridized carbons (Fsp3) is 0.250. The Kier molecular flexibility index (Phi) is 7.82. The minimum Gasteiger partial charge on any atom is -0.497 e. The summed E-state index contributed by atoms with van der Waals surface area (Å²) in [6, 6.07) is 34.0. The van der Waals surface area contributed by atoms with Crippen LogP contribution in [0.15, 0.2) is 97.1 Å². The molecule has 0 unspecified atom stereocenters. The van der Waals surface area contributed by atoms with Gasteiger partial charge in [0.15, 0.2) is 0 Å². The third kappa shape index (κ3) is 4.83. The summed E-state index contributed by atoms with van der Waals surface area (Å²) in [4.78, 5) is 0. The highest BCUT2D eigenvalue weighted by Crippen LogP contribution is 2.59. The quantitative estimate of drug-likeness (QED) is 0.230. The van der Waals surface area contributed by atoms with E-state index in [-0.39, 0.29) is 9.49 Å². The molecule has 1 aliphatic heterocycles. The molecule has 0 atom stereocenters. The third-order valence-corrected chi connectivity index (χ3v) is 11.0. The Labute approximate surface area is 233 Å². The molecule has 1 fully saturated rings. The van der Waals surface area contributed by atoms with E-state index < -0.39 is 0 Å². The molecule has 0 N–H and O–H groups in total. The van der Waals surface area contributed by atoms with E-state index in [1.807, 2.05) is 23.5 Å². The first-order chi connectivity index (χ1) is 18.6. The molecule has 4 aromatic carbocycles. The van der Waals surface area contributed by atoms with Crippen molar-refractivity contribution < 1.29 is 18.9 Å². The summed E-state index contributed by atoms with van der Waals surface area (Å²) in [5, 5.41) is 0. The molecule has 6 heteroatoms. The molecule has 5 rings (SSSR count). The summed E-state index contributed by atoms with van der Waals surface area (Å²) >= 11 is 3.99. The van der Waals surface area contributed by atoms with Crippen molar-refractivity contribution in [3.63, 3.8) is 0 Å². The molecule has 0 aliphatic carbocycles. The Morgan fingerprint density at radius 1 is 0.395 bits per heavy atom. The number of thioether (sulfide) groups is 2. The van der Waals surface area contributed by atoms with Gasteiger partial charge in [0.05, 0.1) is 37.9 Å². The molecule has 4 aromatic rings. The highest BCUT2D eigenvalue weighted by Gasteiger charge is 2.48. The van der Waals surface area contributed by atoms with Crippen LogP contribution in [-0.4, -0.2) is 39.9 Å². The monoisotopic (exact) mass is 544 g/mol. The van der Waals surface area contributed by atoms with Crippen LogP contribution in [0.4, 0.5) is 0 Å². The molecule has 38 heavy (non-hydrogen) atoms. The molecule has 1 aliphatic rings. The van der Waals surface area contributed by atoms with Crippen LogP contribution in [0, 0.1) is 0 Å². The number of rotatable bonds is 8. The Hall–Kier alpha value is -3.22. The molecule has 196 valence electrons. The maximum atomic E-state index is 5.46. The molecule has 4 nitrogen and oxygen atoms in total. The highest BCUT2D eigenvalue weighted by molar-refractivity contribution is 8.07. The molecule has 0 radical (unpaired) electrons. The molecule has 0 spiro atoms. The zero-order valence-electron chi connectivity index (χ0n) is 22.1. The number of hydrogen-bond donors (Lipinski definition) is 0. The van der Waals surface area contributed by atoms with Gasteiger partial charge in [-0.05, 0) is 70.8 Å². The first-order valence-corrected chi connectivity index (χ1v) is 14.4. The van der Waals surface area contributed by atoms with Crippen molar-refractivity contribution in [1.82, 2.24) is 0 Å². The van der Waals surface area contributed by atoms with E-state index >= 15 is 0 Å². The molecular weight excluding hydrogens is 512 g/mol. The van der Waals surface area contributed by atoms with Crippen LogP contribution in [0.25, 0.3) is 0 Å². The second-order valence-electron chi connectivity index (χ2n) is 9.15. The fourth-order valence-corrected chi connectivity index (χ4v) is 8.77. The summed E-state index contributed by atoms with van der Waals surface area (Å²) in [6.45, 7) is 0. The topological polar surface area (TPSA) is 36.9 Å². The predicted octanol–water partition coefficient (Wildman–Crippen LogP) is 7.39. The summed E-state index contributed by atoms with van der Waals surface area (Å²) < 4.78 is 21.4. The van der Waals surface area contributed by atoms with Crippen LogP contribution in [-0.2, 0) is 9.49 Å². The number of benzene rings is 4. The molecule has 0 saturated carbocycles. The molecule has 1 heterocycles. The van der Waals surface area contributed by atoms with Crippen molar-refractivity contribution >= 4 is 23.5 Å². The van der Waals surface area contributed by atoms with Gasteiger partial charge in [-0.15, -0.1) is 23.5 Å². The number of ether oxygens (including phenoxy) is 4. The van der Waals surface area contributed by atoms with Crippen LogP contribution in [0.2, 0.25) is 0 Å². The van der Waals surface area contributed by atoms with Gasteiger partial charge in [-0.3, -0.25) is 0 Å². The van der Waals surface area contributed by atoms with Gasteiger partial charge < -0.3 is 18.9 Å². The Balaban J connectivity index is 1.59. The maximum absolute atomic E-state index is 5.46. The molecule has 0 aromatic heterocycles. The van der Waals surface area contributed by atoms with Gasteiger partial charge in [-0.2, -0.15) is 0 Å². The fourth-order valence-electron chi connectivity index (χ4n) is 4.97. The van der Waals surface area contributed by atoms with Gasteiger partial charge in [-0.1, -0.05) is 48.5 Å². The van der Waals surface area contributed by atoms with Gasteiger partial charge >= 0.3 is 0 Å². The standard InChI is InChI=1S/C32H32O4S2/c1-33-27-13-5-23(6-14-27)31(24-7-15-28(34-2)16-8-24)21-38-32(22-37-31,25-9-17-29(35-3)18-10-25)26-11-19-30(36-4)20-12-26/h5-20H,21-22H2,1-4H3. The number of methoxy groups -OCH3 is 4. The lowest BCUT2D eigenvalue weighted by Gasteiger charge is -2.47. The van der Waals surface area contributed by atoms with Crippen LogP contribution in [0.5, 0.6) is 23.0 Å². The Morgan fingerprint density at radius 3 is 0.763 bits per heavy atom. The van der Waals surface area contributed by atoms with Crippen LogP contribution in [0.3, 0.4) is 0 Å². The second-order valence-corrected chi connectivity index (χ2v) is 11.7. The lowest BCUT2D eigenvalue weighted by molar-refractivity contribution is 0.414. The van der Waals surface area contributed by atoms with Crippen molar-refractivity contribution in [2.24, 2.45) is 0 Å². The number of hydrogen-bond acceptors (Lipinski definition) is 6. The van der Waals surface area contributed by atoms with Gasteiger partial charge in [0.2, 0.25) is 0 Å². The minimum absolute atomic E-state index is 0.231. The van der Waals surface area contributed by atoms with Crippen molar-refractivity contribution in [2.45, 2.75) is 9.49 Å². The van der Waals surface area contributed by atoms with E-state index in [2.05, 4.69) is 97.1 Å². The van der Waals surface area contributed by atoms with E-state index in [9.17, 15) is 0 Å². The first-order valence-electron chi connectivity index (χ1n) is 12.4. The van der Waals surface area contributed by atoms with Crippen LogP contribution >= 0.6 is 23.5 Å². The normalized spacial score (nSPS) is 15.9. The highest BCUT2D eigenvalue weighted by atomic mass is 32.2. The van der Waals surface area contributed by atoms with Crippen molar-refractivity contribution in [3.05, 3.63) is 119 Å². The molecule has 0 bridgehead atoms. The van der Waals surface area contributed by atoms with Gasteiger partial charge in [0.1, 0.15) is 23.0 Å². The third-order valence-electron chi connectivity index (χ3n) is 7.27. The zero-order valence-corrected chi connectivity index (χ0v) is 23.7. The second kappa shape index (κ2) is 11.3. The minimum atomic E-state index is -0.231. The summed E-state index contributed by atoms with van der Waals surface area (Å²) in [5.41, 5.74) is 5.05. The molecule has 1 saturated heterocycles. The Morgan fingerprint density at radius 2 is 0.605 bits per heavy atom. The summed E-state index contributed by atoms with van der Waals surface area (Å²) in [5.74, 6) is 5.20. The molecular formula is C32H32O4S2. The average Bonchev–Trinajstić information content (AvgIpc) is 3.01. The largest absolute Gasteiger partial charge is 0.497 e. The van der Waals surface area contributed by atoms with Crippen LogP contribution in [0.1, 0.15) is 22.3 Å². The predicted molar refractivity (Wildman–Crippen MR) is 158 cm³/mol. The maximum Gasteiger partial charge on any atom is 0.118 e. The van der Waals surface area contributed by atoms with Crippen molar-refractivity contribution in [3.8, 4) is 23.0 Å². The van der Waals surface area contributed by atoms with E-state index in [1.165, 1.54) is 22.3 Å². The lowest BCUT2D eigenvalue weighted by Crippen LogP contribution is -2.40. The van der Waals surface area contributed by atoms with Crippen LogP contribution < -0.4 is 18.9 Å². The van der Waals surface area contributed by atoms with Crippen molar-refractivity contribution in [2.75, 3.05) is 39.9 Å². The lowest BCUT2D eigenvalue weighted by atomic mass is 9.90. The summed E-state index contributed by atoms with van der Waals surface area (Å²) in [7, 11) is 6.82. The van der Waals surface area contributed by atoms with E-state index in [0.717, 1.165) is 34.5 Å². The first kappa shape index (κ1) is 26.4. The average molecular weight is 545 g/mol. The van der Waals surface area contributed by atoms with E-state index in [1.54, 1.807) is 28.4 Å². The Bertz CT molecular complexity index is 1120. The molecule has 0 amide bonds. The zero-order chi connectivity index (χ0) is 26.6. The van der Waals surface area contributed by atoms with E-state index in [4.69, 9.17) is 18.9 Å². The smallest absolute Gasteiger partial charge is 0.118 e. The van der Waals surface area contributed by atoms with Gasteiger partial charge in [0, 0.05) is 11.5 Å².